The van der Waals surface area contributed by atoms with Crippen LogP contribution in [0.1, 0.15) is 27.4 Å². The SMILES string of the molecule is COC(=O)c1ccc(CN2C(=O)N/C(=C\c3ccc(OCc4ccc(F)cc4)c(I)c3)C2=O)o1. The Kier molecular flexibility index (Phi) is 6.96. The molecule has 3 amide bonds. The highest BCUT2D eigenvalue weighted by Gasteiger charge is 2.34. The lowest BCUT2D eigenvalue weighted by molar-refractivity contribution is -0.123. The predicted octanol–water partition coefficient (Wildman–Crippen LogP) is 4.48. The van der Waals surface area contributed by atoms with Crippen molar-refractivity contribution in [3.63, 3.8) is 0 Å². The lowest BCUT2D eigenvalue weighted by Crippen LogP contribution is -2.30. The molecule has 0 radical (unpaired) electrons. The van der Waals surface area contributed by atoms with Gasteiger partial charge in [-0.25, -0.2) is 14.0 Å². The van der Waals surface area contributed by atoms with Crippen molar-refractivity contribution in [2.75, 3.05) is 7.11 Å². The number of rotatable bonds is 7. The van der Waals surface area contributed by atoms with Crippen LogP contribution in [-0.4, -0.2) is 29.9 Å². The number of ether oxygens (including phenoxy) is 2. The minimum Gasteiger partial charge on any atom is -0.488 e. The van der Waals surface area contributed by atoms with Gasteiger partial charge in [0, 0.05) is 0 Å². The zero-order valence-electron chi connectivity index (χ0n) is 17.8. The average Bonchev–Trinajstić information content (AvgIpc) is 3.39. The zero-order valence-corrected chi connectivity index (χ0v) is 20.0. The normalized spacial score (nSPS) is 14.4. The first-order valence-corrected chi connectivity index (χ1v) is 11.1. The molecular weight excluding hydrogens is 558 g/mol. The number of carbonyl (C=O) groups is 3. The zero-order chi connectivity index (χ0) is 24.2. The van der Waals surface area contributed by atoms with Gasteiger partial charge in [-0.3, -0.25) is 9.69 Å². The minimum atomic E-state index is -0.649. The monoisotopic (exact) mass is 576 g/mol. The third kappa shape index (κ3) is 5.28. The molecule has 2 aromatic carbocycles. The van der Waals surface area contributed by atoms with Crippen LogP contribution < -0.4 is 10.1 Å². The summed E-state index contributed by atoms with van der Waals surface area (Å²) in [6, 6.07) is 13.7. The van der Waals surface area contributed by atoms with E-state index >= 15 is 0 Å². The molecule has 1 aliphatic rings. The lowest BCUT2D eigenvalue weighted by Gasteiger charge is -2.10. The maximum atomic E-state index is 13.0. The molecular formula is C24H18FIN2O6. The van der Waals surface area contributed by atoms with E-state index in [-0.39, 0.29) is 36.2 Å². The Morgan fingerprint density at radius 3 is 2.62 bits per heavy atom. The van der Waals surface area contributed by atoms with E-state index in [2.05, 4.69) is 32.6 Å². The van der Waals surface area contributed by atoms with E-state index in [1.165, 1.54) is 31.4 Å². The third-order valence-electron chi connectivity index (χ3n) is 4.90. The lowest BCUT2D eigenvalue weighted by atomic mass is 10.2. The number of nitrogens with zero attached hydrogens (tertiary/aromatic N) is 1. The van der Waals surface area contributed by atoms with Crippen LogP contribution in [-0.2, 0) is 22.7 Å². The molecule has 4 rings (SSSR count). The van der Waals surface area contributed by atoms with E-state index in [0.29, 0.717) is 11.3 Å². The smallest absolute Gasteiger partial charge is 0.373 e. The van der Waals surface area contributed by atoms with E-state index in [4.69, 9.17) is 9.15 Å². The molecule has 1 aromatic heterocycles. The second-order valence-electron chi connectivity index (χ2n) is 7.24. The highest BCUT2D eigenvalue weighted by atomic mass is 127. The highest BCUT2D eigenvalue weighted by molar-refractivity contribution is 14.1. The number of hydrogen-bond donors (Lipinski definition) is 1. The van der Waals surface area contributed by atoms with Crippen molar-refractivity contribution in [2.24, 2.45) is 0 Å². The molecule has 1 aliphatic heterocycles. The van der Waals surface area contributed by atoms with Gasteiger partial charge in [-0.1, -0.05) is 18.2 Å². The summed E-state index contributed by atoms with van der Waals surface area (Å²) in [5.41, 5.74) is 1.63. The fraction of sp³-hybridized carbons (Fsp3) is 0.125. The molecule has 1 saturated heterocycles. The number of benzene rings is 2. The molecule has 2 heterocycles. The Labute approximate surface area is 207 Å². The summed E-state index contributed by atoms with van der Waals surface area (Å²) >= 11 is 2.11. The maximum absolute atomic E-state index is 13.0. The molecule has 0 aliphatic carbocycles. The first-order chi connectivity index (χ1) is 16.3. The summed E-state index contributed by atoms with van der Waals surface area (Å²) in [4.78, 5) is 37.6. The van der Waals surface area contributed by atoms with Gasteiger partial charge in [0.15, 0.2) is 0 Å². The number of amides is 3. The van der Waals surface area contributed by atoms with Crippen LogP contribution in [0.15, 0.2) is 64.7 Å². The molecule has 34 heavy (non-hydrogen) atoms. The number of hydrogen-bond acceptors (Lipinski definition) is 6. The van der Waals surface area contributed by atoms with Crippen molar-refractivity contribution < 1.29 is 32.7 Å². The van der Waals surface area contributed by atoms with E-state index in [1.54, 1.807) is 30.3 Å². The van der Waals surface area contributed by atoms with Crippen LogP contribution in [0.5, 0.6) is 5.75 Å². The molecule has 1 fully saturated rings. The van der Waals surface area contributed by atoms with Gasteiger partial charge in [-0.15, -0.1) is 0 Å². The van der Waals surface area contributed by atoms with Gasteiger partial charge >= 0.3 is 12.0 Å². The predicted molar refractivity (Wildman–Crippen MR) is 127 cm³/mol. The number of halogens is 2. The van der Waals surface area contributed by atoms with E-state index in [0.717, 1.165) is 14.0 Å². The van der Waals surface area contributed by atoms with Gasteiger partial charge in [0.1, 0.15) is 29.6 Å². The topological polar surface area (TPSA) is 98.1 Å². The minimum absolute atomic E-state index is 0.0170. The number of imide groups is 1. The molecule has 10 heteroatoms. The molecule has 8 nitrogen and oxygen atoms in total. The number of furan rings is 1. The van der Waals surface area contributed by atoms with Gasteiger partial charge in [0.05, 0.1) is 17.2 Å². The quantitative estimate of drug-likeness (QED) is 0.193. The van der Waals surface area contributed by atoms with Crippen LogP contribution in [0.4, 0.5) is 9.18 Å². The van der Waals surface area contributed by atoms with Crippen LogP contribution in [0.25, 0.3) is 6.08 Å². The number of esters is 1. The van der Waals surface area contributed by atoms with Crippen LogP contribution >= 0.6 is 22.6 Å². The molecule has 0 unspecified atom stereocenters. The van der Waals surface area contributed by atoms with Gasteiger partial charge in [-0.05, 0) is 76.2 Å². The van der Waals surface area contributed by atoms with Crippen LogP contribution in [0, 0.1) is 9.39 Å². The van der Waals surface area contributed by atoms with Crippen molar-refractivity contribution in [2.45, 2.75) is 13.2 Å². The molecule has 0 atom stereocenters. The third-order valence-corrected chi connectivity index (χ3v) is 5.74. The molecule has 0 bridgehead atoms. The Bertz CT molecular complexity index is 1280. The number of carbonyl (C=O) groups excluding carboxylic acids is 3. The van der Waals surface area contributed by atoms with Gasteiger partial charge in [0.25, 0.3) is 5.91 Å². The van der Waals surface area contributed by atoms with E-state index < -0.39 is 17.9 Å². The Morgan fingerprint density at radius 2 is 1.91 bits per heavy atom. The van der Waals surface area contributed by atoms with Crippen LogP contribution in [0.2, 0.25) is 0 Å². The molecule has 174 valence electrons. The number of methoxy groups -OCH3 is 1. The Hall–Kier alpha value is -3.67. The second kappa shape index (κ2) is 10.1. The summed E-state index contributed by atoms with van der Waals surface area (Å²) in [7, 11) is 1.23. The molecule has 0 spiro atoms. The van der Waals surface area contributed by atoms with Crippen LogP contribution in [0.3, 0.4) is 0 Å². The standard InChI is InChI=1S/C24H18FIN2O6/c1-32-23(30)21-9-7-17(34-21)12-28-22(29)19(27-24(28)31)11-15-4-8-20(18(26)10-15)33-13-14-2-5-16(25)6-3-14/h2-11H,12-13H2,1H3,(H,27,31)/b19-11-. The van der Waals surface area contributed by atoms with Gasteiger partial charge < -0.3 is 19.2 Å². The summed E-state index contributed by atoms with van der Waals surface area (Å²) in [5.74, 6) is -0.594. The first kappa shape index (κ1) is 23.5. The van der Waals surface area contributed by atoms with Gasteiger partial charge in [-0.2, -0.15) is 0 Å². The van der Waals surface area contributed by atoms with Crippen molar-refractivity contribution in [1.29, 1.82) is 0 Å². The summed E-state index contributed by atoms with van der Waals surface area (Å²) in [5, 5.41) is 2.55. The fourth-order valence-corrected chi connectivity index (χ4v) is 3.87. The largest absolute Gasteiger partial charge is 0.488 e. The molecule has 3 aromatic rings. The first-order valence-electron chi connectivity index (χ1n) is 10.0. The van der Waals surface area contributed by atoms with Crippen molar-refractivity contribution in [3.05, 3.63) is 92.3 Å². The average molecular weight is 576 g/mol. The van der Waals surface area contributed by atoms with E-state index in [9.17, 15) is 18.8 Å². The second-order valence-corrected chi connectivity index (χ2v) is 8.40. The van der Waals surface area contributed by atoms with Crippen molar-refractivity contribution >= 4 is 46.6 Å². The Morgan fingerprint density at radius 1 is 1.15 bits per heavy atom. The van der Waals surface area contributed by atoms with Gasteiger partial charge in [0.2, 0.25) is 5.76 Å². The molecule has 0 saturated carbocycles. The summed E-state index contributed by atoms with van der Waals surface area (Å²) in [6.45, 7) is 0.150. The van der Waals surface area contributed by atoms with E-state index in [1.807, 2.05) is 6.07 Å². The Balaban J connectivity index is 1.43. The highest BCUT2D eigenvalue weighted by Crippen LogP contribution is 2.25. The fourth-order valence-electron chi connectivity index (χ4n) is 3.18. The molecule has 1 N–H and O–H groups in total. The maximum Gasteiger partial charge on any atom is 0.373 e. The summed E-state index contributed by atoms with van der Waals surface area (Å²) in [6.07, 6.45) is 1.56. The number of urea groups is 1. The van der Waals surface area contributed by atoms with Crippen molar-refractivity contribution in [3.8, 4) is 5.75 Å². The number of nitrogens with one attached hydrogen (secondary N) is 1. The summed E-state index contributed by atoms with van der Waals surface area (Å²) < 4.78 is 29.5. The van der Waals surface area contributed by atoms with Crippen molar-refractivity contribution in [1.82, 2.24) is 10.2 Å².